The Morgan fingerprint density at radius 2 is 1.74 bits per heavy atom. The summed E-state index contributed by atoms with van der Waals surface area (Å²) in [5.41, 5.74) is 3.90. The van der Waals surface area contributed by atoms with Crippen LogP contribution in [0.3, 0.4) is 0 Å². The first-order chi connectivity index (χ1) is 13.2. The monoisotopic (exact) mass is 359 g/mol. The van der Waals surface area contributed by atoms with Gasteiger partial charge in [-0.2, -0.15) is 5.06 Å². The summed E-state index contributed by atoms with van der Waals surface area (Å²) in [4.78, 5) is 37.0. The molecule has 3 aliphatic heterocycles. The Hall–Kier alpha value is -2.96. The van der Waals surface area contributed by atoms with Crippen molar-refractivity contribution in [1.82, 2.24) is 10.0 Å². The maximum atomic E-state index is 13.3. The van der Waals surface area contributed by atoms with Gasteiger partial charge >= 0.3 is 0 Å². The van der Waals surface area contributed by atoms with Crippen LogP contribution in [0, 0.1) is 5.92 Å². The summed E-state index contributed by atoms with van der Waals surface area (Å²) >= 11 is 0. The Balaban J connectivity index is 1.47. The minimum absolute atomic E-state index is 0.185. The number of rotatable bonds is 1. The van der Waals surface area contributed by atoms with Crippen molar-refractivity contribution >= 4 is 28.4 Å². The molecule has 1 aromatic heterocycles. The molecule has 6 rings (SSSR count). The van der Waals surface area contributed by atoms with Gasteiger partial charge < -0.3 is 4.98 Å². The first-order valence-electron chi connectivity index (χ1n) is 9.20. The maximum Gasteiger partial charge on any atom is 0.265 e. The van der Waals surface area contributed by atoms with Gasteiger partial charge in [-0.25, -0.2) is 4.90 Å². The second kappa shape index (κ2) is 5.28. The second-order valence-corrected chi connectivity index (χ2v) is 7.30. The van der Waals surface area contributed by atoms with E-state index in [1.54, 1.807) is 12.1 Å². The lowest BCUT2D eigenvalue weighted by Gasteiger charge is -2.30. The molecular formula is C21H17N3O3. The van der Waals surface area contributed by atoms with E-state index in [-0.39, 0.29) is 17.9 Å². The van der Waals surface area contributed by atoms with Crippen molar-refractivity contribution in [2.75, 3.05) is 11.4 Å². The first-order valence-corrected chi connectivity index (χ1v) is 9.20. The van der Waals surface area contributed by atoms with E-state index >= 15 is 0 Å². The van der Waals surface area contributed by atoms with Crippen LogP contribution in [-0.4, -0.2) is 34.5 Å². The lowest BCUT2D eigenvalue weighted by Crippen LogP contribution is -2.39. The molecule has 6 heteroatoms. The Kier molecular flexibility index (Phi) is 2.96. The van der Waals surface area contributed by atoms with Crippen LogP contribution >= 0.6 is 0 Å². The fraction of sp³-hybridized carbons (Fsp3) is 0.238. The second-order valence-electron chi connectivity index (χ2n) is 7.30. The maximum absolute atomic E-state index is 13.3. The molecular weight excluding hydrogens is 342 g/mol. The lowest BCUT2D eigenvalue weighted by molar-refractivity contribution is -0.174. The summed E-state index contributed by atoms with van der Waals surface area (Å²) in [6.07, 6.45) is 0.0835. The molecule has 0 spiro atoms. The van der Waals surface area contributed by atoms with Crippen molar-refractivity contribution in [3.8, 4) is 0 Å². The number of amides is 2. The average Bonchev–Trinajstić information content (AvgIpc) is 3.33. The van der Waals surface area contributed by atoms with Crippen LogP contribution in [0.15, 0.2) is 54.6 Å². The number of hydrogen-bond donors (Lipinski definition) is 1. The molecule has 2 fully saturated rings. The third-order valence-electron chi connectivity index (χ3n) is 5.93. The van der Waals surface area contributed by atoms with E-state index in [0.29, 0.717) is 12.2 Å². The van der Waals surface area contributed by atoms with Gasteiger partial charge in [0.2, 0.25) is 5.91 Å². The Labute approximate surface area is 155 Å². The summed E-state index contributed by atoms with van der Waals surface area (Å²) in [5, 5.41) is 3.01. The lowest BCUT2D eigenvalue weighted by atomic mass is 9.89. The molecule has 0 bridgehead atoms. The number of carbonyl (C=O) groups excluding carboxylic acids is 2. The molecule has 6 nitrogen and oxygen atoms in total. The Morgan fingerprint density at radius 3 is 2.59 bits per heavy atom. The van der Waals surface area contributed by atoms with Crippen molar-refractivity contribution in [3.05, 3.63) is 65.9 Å². The molecule has 1 N–H and O–H groups in total. The van der Waals surface area contributed by atoms with Gasteiger partial charge in [0.05, 0.1) is 17.6 Å². The summed E-state index contributed by atoms with van der Waals surface area (Å²) in [5.74, 6) is -0.983. The first kappa shape index (κ1) is 15.1. The molecule has 0 aliphatic carbocycles. The minimum Gasteiger partial charge on any atom is -0.357 e. The van der Waals surface area contributed by atoms with Crippen LogP contribution in [0.5, 0.6) is 0 Å². The summed E-state index contributed by atoms with van der Waals surface area (Å²) < 4.78 is 0. The topological polar surface area (TPSA) is 65.6 Å². The molecule has 4 heterocycles. The van der Waals surface area contributed by atoms with Crippen molar-refractivity contribution < 1.29 is 14.4 Å². The summed E-state index contributed by atoms with van der Waals surface area (Å²) in [6, 6.07) is 17.0. The third kappa shape index (κ3) is 1.91. The zero-order valence-corrected chi connectivity index (χ0v) is 14.5. The molecule has 3 atom stereocenters. The highest BCUT2D eigenvalue weighted by Crippen LogP contribution is 2.49. The van der Waals surface area contributed by atoms with Gasteiger partial charge in [-0.05, 0) is 30.2 Å². The number of aromatic amines is 1. The van der Waals surface area contributed by atoms with Crippen LogP contribution in [0.25, 0.3) is 10.9 Å². The molecule has 0 saturated carbocycles. The number of H-pyrrole nitrogens is 1. The van der Waals surface area contributed by atoms with Crippen molar-refractivity contribution in [2.45, 2.75) is 18.6 Å². The number of nitrogens with one attached hydrogen (secondary N) is 1. The van der Waals surface area contributed by atoms with Gasteiger partial charge in [-0.3, -0.25) is 14.4 Å². The molecule has 2 saturated heterocycles. The highest BCUT2D eigenvalue weighted by molar-refractivity contribution is 6.23. The highest BCUT2D eigenvalue weighted by atomic mass is 16.7. The summed E-state index contributed by atoms with van der Waals surface area (Å²) in [6.45, 7) is 0.679. The number of para-hydroxylation sites is 2. The number of benzene rings is 2. The molecule has 2 aromatic carbocycles. The van der Waals surface area contributed by atoms with E-state index < -0.39 is 12.0 Å². The van der Waals surface area contributed by atoms with E-state index in [2.05, 4.69) is 11.1 Å². The van der Waals surface area contributed by atoms with E-state index in [4.69, 9.17) is 4.84 Å². The van der Waals surface area contributed by atoms with Gasteiger partial charge in [0.15, 0.2) is 6.10 Å². The number of hydrogen-bond acceptors (Lipinski definition) is 4. The zero-order chi connectivity index (χ0) is 18.1. The third-order valence-corrected chi connectivity index (χ3v) is 5.93. The van der Waals surface area contributed by atoms with E-state index in [0.717, 1.165) is 17.6 Å². The normalized spacial score (nSPS) is 27.1. The van der Waals surface area contributed by atoms with Crippen LogP contribution < -0.4 is 4.90 Å². The largest absolute Gasteiger partial charge is 0.357 e. The van der Waals surface area contributed by atoms with E-state index in [1.165, 1.54) is 15.8 Å². The number of nitrogens with zero attached hydrogens (tertiary/aromatic N) is 2. The molecule has 27 heavy (non-hydrogen) atoms. The highest BCUT2D eigenvalue weighted by Gasteiger charge is 2.61. The number of aromatic nitrogens is 1. The fourth-order valence-electron chi connectivity index (χ4n) is 4.78. The molecule has 134 valence electrons. The standard InChI is InChI=1S/C21H17N3O3/c25-20-16-18-17-14(13-8-4-5-9-15(13)22-17)10-11-23(18)27-19(16)21(26)24(20)12-6-2-1-3-7-12/h1-9,16,18-19,22H,10-11H2/t16-,18-,19-/m1/s1. The molecule has 3 aliphatic rings. The van der Waals surface area contributed by atoms with Crippen LogP contribution in [0.2, 0.25) is 0 Å². The minimum atomic E-state index is -0.750. The summed E-state index contributed by atoms with van der Waals surface area (Å²) in [7, 11) is 0. The predicted molar refractivity (Wildman–Crippen MR) is 98.7 cm³/mol. The van der Waals surface area contributed by atoms with Gasteiger partial charge in [-0.15, -0.1) is 0 Å². The molecule has 3 aromatic rings. The van der Waals surface area contributed by atoms with Crippen molar-refractivity contribution in [2.24, 2.45) is 5.92 Å². The van der Waals surface area contributed by atoms with Gasteiger partial charge in [-0.1, -0.05) is 36.4 Å². The predicted octanol–water partition coefficient (Wildman–Crippen LogP) is 2.57. The van der Waals surface area contributed by atoms with Gasteiger partial charge in [0.25, 0.3) is 5.91 Å². The number of hydroxylamine groups is 2. The number of imide groups is 1. The zero-order valence-electron chi connectivity index (χ0n) is 14.5. The molecule has 0 radical (unpaired) electrons. The Morgan fingerprint density at radius 1 is 0.963 bits per heavy atom. The quantitative estimate of drug-likeness (QED) is 0.678. The number of anilines is 1. The van der Waals surface area contributed by atoms with E-state index in [1.807, 2.05) is 41.5 Å². The van der Waals surface area contributed by atoms with E-state index in [9.17, 15) is 9.59 Å². The van der Waals surface area contributed by atoms with Crippen molar-refractivity contribution in [1.29, 1.82) is 0 Å². The number of carbonyl (C=O) groups is 2. The van der Waals surface area contributed by atoms with Gasteiger partial charge in [0, 0.05) is 23.1 Å². The van der Waals surface area contributed by atoms with Crippen LogP contribution in [-0.2, 0) is 20.8 Å². The SMILES string of the molecule is O=C1[C@H]2[C@@H](ON3CCc4c([nH]c5ccccc45)[C@@H]23)C(=O)N1c1ccccc1. The smallest absolute Gasteiger partial charge is 0.265 e. The van der Waals surface area contributed by atoms with Crippen LogP contribution in [0.4, 0.5) is 5.69 Å². The fourth-order valence-corrected chi connectivity index (χ4v) is 4.78. The van der Waals surface area contributed by atoms with Crippen LogP contribution in [0.1, 0.15) is 17.3 Å². The Bertz CT molecular complexity index is 1090. The molecule has 0 unspecified atom stereocenters. The van der Waals surface area contributed by atoms with Gasteiger partial charge in [0.1, 0.15) is 0 Å². The van der Waals surface area contributed by atoms with Crippen molar-refractivity contribution in [3.63, 3.8) is 0 Å². The average molecular weight is 359 g/mol. The number of fused-ring (bicyclic) bond motifs is 7. The molecule has 2 amide bonds.